The van der Waals surface area contributed by atoms with E-state index in [0.717, 1.165) is 42.4 Å². The molecule has 6 heteroatoms. The Morgan fingerprint density at radius 1 is 1.27 bits per heavy atom. The molecule has 1 unspecified atom stereocenters. The van der Waals surface area contributed by atoms with Crippen LogP contribution < -0.4 is 15.5 Å². The number of nitrogens with zero attached hydrogens (tertiary/aromatic N) is 2. The van der Waals surface area contributed by atoms with E-state index in [2.05, 4.69) is 67.6 Å². The largest absolute Gasteiger partial charge is 0.454 e. The highest BCUT2D eigenvalue weighted by Gasteiger charge is 2.14. The molecule has 1 aromatic heterocycles. The van der Waals surface area contributed by atoms with Crippen molar-refractivity contribution in [2.75, 3.05) is 31.6 Å². The van der Waals surface area contributed by atoms with Gasteiger partial charge in [0.1, 0.15) is 5.76 Å². The Bertz CT molecular complexity index is 737. The maximum atomic E-state index is 5.52. The number of aliphatic imine (C=N–C) groups is 1. The Morgan fingerprint density at radius 3 is 2.77 bits per heavy atom. The summed E-state index contributed by atoms with van der Waals surface area (Å²) < 4.78 is 6.29. The van der Waals surface area contributed by atoms with Crippen molar-refractivity contribution >= 4 is 27.6 Å². The molecule has 1 aliphatic heterocycles. The summed E-state index contributed by atoms with van der Waals surface area (Å²) in [6.45, 7) is 5.26. The van der Waals surface area contributed by atoms with Gasteiger partial charge in [-0.2, -0.15) is 0 Å². The first-order valence-corrected chi connectivity index (χ1v) is 10.0. The first-order valence-electron chi connectivity index (χ1n) is 9.22. The summed E-state index contributed by atoms with van der Waals surface area (Å²) in [7, 11) is 1.80. The first-order chi connectivity index (χ1) is 12.7. The van der Waals surface area contributed by atoms with Gasteiger partial charge in [-0.1, -0.05) is 12.1 Å². The topological polar surface area (TPSA) is 52.8 Å². The minimum atomic E-state index is 0.182. The van der Waals surface area contributed by atoms with E-state index >= 15 is 0 Å². The quantitative estimate of drug-likeness (QED) is 0.547. The van der Waals surface area contributed by atoms with Crippen LogP contribution in [0.25, 0.3) is 0 Å². The molecule has 1 fully saturated rings. The van der Waals surface area contributed by atoms with Crippen molar-refractivity contribution in [3.05, 3.63) is 52.4 Å². The maximum Gasteiger partial charge on any atom is 0.191 e. The summed E-state index contributed by atoms with van der Waals surface area (Å²) in [4.78, 5) is 6.80. The number of furan rings is 1. The van der Waals surface area contributed by atoms with Gasteiger partial charge in [-0.3, -0.25) is 4.99 Å². The molecule has 0 saturated carbocycles. The summed E-state index contributed by atoms with van der Waals surface area (Å²) in [6.07, 6.45) is 3.40. The fraction of sp³-hybridized carbons (Fsp3) is 0.450. The van der Waals surface area contributed by atoms with Gasteiger partial charge in [0.05, 0.1) is 6.04 Å². The van der Waals surface area contributed by atoms with Crippen LogP contribution in [0.1, 0.15) is 37.1 Å². The van der Waals surface area contributed by atoms with E-state index in [0.29, 0.717) is 0 Å². The first kappa shape index (κ1) is 18.8. The van der Waals surface area contributed by atoms with Crippen molar-refractivity contribution in [3.63, 3.8) is 0 Å². The average Bonchev–Trinajstić information content (AvgIpc) is 3.33. The molecule has 1 aromatic carbocycles. The SMILES string of the molecule is CN=C(NCCc1ccc(Br)o1)NC(C)c1cccc(N2CCCC2)c1. The van der Waals surface area contributed by atoms with E-state index in [1.54, 1.807) is 7.05 Å². The van der Waals surface area contributed by atoms with Crippen LogP contribution in [0.4, 0.5) is 5.69 Å². The molecule has 1 atom stereocenters. The molecule has 0 amide bonds. The zero-order valence-electron chi connectivity index (χ0n) is 15.5. The molecule has 0 aliphatic carbocycles. The minimum Gasteiger partial charge on any atom is -0.454 e. The summed E-state index contributed by atoms with van der Waals surface area (Å²) >= 11 is 3.33. The second kappa shape index (κ2) is 9.12. The molecular weight excluding hydrogens is 392 g/mol. The maximum absolute atomic E-state index is 5.52. The van der Waals surface area contributed by atoms with Crippen LogP contribution in [0.5, 0.6) is 0 Å². The lowest BCUT2D eigenvalue weighted by Crippen LogP contribution is -2.39. The number of nitrogens with one attached hydrogen (secondary N) is 2. The van der Waals surface area contributed by atoms with Gasteiger partial charge in [0.25, 0.3) is 0 Å². The molecule has 2 N–H and O–H groups in total. The highest BCUT2D eigenvalue weighted by Crippen LogP contribution is 2.24. The van der Waals surface area contributed by atoms with Gasteiger partial charge >= 0.3 is 0 Å². The van der Waals surface area contributed by atoms with Gasteiger partial charge in [0.2, 0.25) is 0 Å². The summed E-state index contributed by atoms with van der Waals surface area (Å²) in [5, 5.41) is 6.82. The van der Waals surface area contributed by atoms with Crippen LogP contribution >= 0.6 is 15.9 Å². The van der Waals surface area contributed by atoms with E-state index < -0.39 is 0 Å². The molecule has 140 valence electrons. The van der Waals surface area contributed by atoms with E-state index in [1.807, 2.05) is 12.1 Å². The highest BCUT2D eigenvalue weighted by molar-refractivity contribution is 9.10. The predicted molar refractivity (Wildman–Crippen MR) is 111 cm³/mol. The van der Waals surface area contributed by atoms with Gasteiger partial charge in [-0.25, -0.2) is 0 Å². The van der Waals surface area contributed by atoms with Crippen molar-refractivity contribution in [1.29, 1.82) is 0 Å². The zero-order valence-corrected chi connectivity index (χ0v) is 17.1. The van der Waals surface area contributed by atoms with Gasteiger partial charge in [-0.15, -0.1) is 0 Å². The monoisotopic (exact) mass is 418 g/mol. The third-order valence-corrected chi connectivity index (χ3v) is 5.14. The van der Waals surface area contributed by atoms with Crippen molar-refractivity contribution < 1.29 is 4.42 Å². The van der Waals surface area contributed by atoms with Crippen molar-refractivity contribution in [2.45, 2.75) is 32.2 Å². The molecule has 0 spiro atoms. The van der Waals surface area contributed by atoms with Gasteiger partial charge in [-0.05, 0) is 65.5 Å². The molecule has 5 nitrogen and oxygen atoms in total. The third-order valence-electron chi connectivity index (χ3n) is 4.71. The Morgan fingerprint density at radius 2 is 2.08 bits per heavy atom. The normalized spacial score (nSPS) is 16.0. The Labute approximate surface area is 164 Å². The number of benzene rings is 1. The molecular formula is C20H27BrN4O. The van der Waals surface area contributed by atoms with Gasteiger partial charge in [0.15, 0.2) is 10.6 Å². The van der Waals surface area contributed by atoms with Crippen molar-refractivity contribution in [3.8, 4) is 0 Å². The van der Waals surface area contributed by atoms with Gasteiger partial charge in [0, 0.05) is 38.8 Å². The third kappa shape index (κ3) is 5.04. The minimum absolute atomic E-state index is 0.182. The van der Waals surface area contributed by atoms with Crippen molar-refractivity contribution in [2.24, 2.45) is 4.99 Å². The lowest BCUT2D eigenvalue weighted by atomic mass is 10.1. The standard InChI is InChI=1S/C20H27BrN4O/c1-15(16-6-5-7-17(14-16)25-12-3-4-13-25)24-20(22-2)23-11-10-18-8-9-19(21)26-18/h5-9,14-15H,3-4,10-13H2,1-2H3,(H2,22,23,24). The molecule has 1 aliphatic rings. The second-order valence-corrected chi connectivity index (χ2v) is 7.39. The summed E-state index contributed by atoms with van der Waals surface area (Å²) in [6, 6.07) is 12.9. The molecule has 2 heterocycles. The smallest absolute Gasteiger partial charge is 0.191 e. The van der Waals surface area contributed by atoms with Crippen LogP contribution in [-0.2, 0) is 6.42 Å². The number of guanidine groups is 1. The predicted octanol–water partition coefficient (Wildman–Crippen LogP) is 4.11. The van der Waals surface area contributed by atoms with Gasteiger partial charge < -0.3 is 20.0 Å². The molecule has 1 saturated heterocycles. The molecule has 0 bridgehead atoms. The molecule has 2 aromatic rings. The highest BCUT2D eigenvalue weighted by atomic mass is 79.9. The second-order valence-electron chi connectivity index (χ2n) is 6.61. The fourth-order valence-electron chi connectivity index (χ4n) is 3.24. The Kier molecular flexibility index (Phi) is 6.61. The fourth-order valence-corrected chi connectivity index (χ4v) is 3.58. The summed E-state index contributed by atoms with van der Waals surface area (Å²) in [5.41, 5.74) is 2.59. The zero-order chi connectivity index (χ0) is 18.4. The Hall–Kier alpha value is -1.95. The van der Waals surface area contributed by atoms with E-state index in [9.17, 15) is 0 Å². The number of hydrogen-bond donors (Lipinski definition) is 2. The van der Waals surface area contributed by atoms with Crippen LogP contribution in [-0.4, -0.2) is 32.6 Å². The molecule has 3 rings (SSSR count). The molecule has 0 radical (unpaired) electrons. The van der Waals surface area contributed by atoms with Crippen LogP contribution in [0.3, 0.4) is 0 Å². The molecule has 26 heavy (non-hydrogen) atoms. The Balaban J connectivity index is 1.53. The average molecular weight is 419 g/mol. The lowest BCUT2D eigenvalue weighted by Gasteiger charge is -2.22. The number of halogens is 1. The van der Waals surface area contributed by atoms with Crippen LogP contribution in [0, 0.1) is 0 Å². The number of anilines is 1. The van der Waals surface area contributed by atoms with E-state index in [1.165, 1.54) is 24.1 Å². The number of hydrogen-bond acceptors (Lipinski definition) is 3. The van der Waals surface area contributed by atoms with Crippen molar-refractivity contribution in [1.82, 2.24) is 10.6 Å². The lowest BCUT2D eigenvalue weighted by molar-refractivity contribution is 0.485. The van der Waals surface area contributed by atoms with Crippen LogP contribution in [0.2, 0.25) is 0 Å². The number of rotatable bonds is 6. The van der Waals surface area contributed by atoms with E-state index in [-0.39, 0.29) is 6.04 Å². The summed E-state index contributed by atoms with van der Waals surface area (Å²) in [5.74, 6) is 1.75. The van der Waals surface area contributed by atoms with Crippen LogP contribution in [0.15, 0.2) is 50.5 Å². The van der Waals surface area contributed by atoms with E-state index in [4.69, 9.17) is 4.42 Å².